The maximum Gasteiger partial charge on any atom is 0.0817 e. The van der Waals surface area contributed by atoms with Gasteiger partial charge in [0.2, 0.25) is 0 Å². The fourth-order valence-electron chi connectivity index (χ4n) is 7.58. The Morgan fingerprint density at radius 1 is 0.278 bits per heavy atom. The zero-order valence-corrected chi connectivity index (χ0v) is 48.2. The van der Waals surface area contributed by atoms with Crippen LogP contribution in [-0.4, -0.2) is 0 Å². The van der Waals surface area contributed by atoms with Crippen LogP contribution in [0.3, 0.4) is 0 Å². The summed E-state index contributed by atoms with van der Waals surface area (Å²) >= 11 is 13.4. The van der Waals surface area contributed by atoms with Gasteiger partial charge in [-0.25, -0.2) is 0 Å². The van der Waals surface area contributed by atoms with E-state index in [1.54, 1.807) is 90.7 Å². The van der Waals surface area contributed by atoms with Crippen LogP contribution in [0.2, 0.25) is 0 Å². The largest absolute Gasteiger partial charge is 0.135 e. The lowest BCUT2D eigenvalue weighted by Gasteiger charge is -1.89. The van der Waals surface area contributed by atoms with Crippen LogP contribution in [-0.2, 0) is 51.4 Å². The molecule has 0 nitrogen and oxygen atoms in total. The van der Waals surface area contributed by atoms with Gasteiger partial charge in [-0.1, -0.05) is 61.3 Å². The predicted molar refractivity (Wildman–Crippen MR) is 319 cm³/mol. The third-order valence-electron chi connectivity index (χ3n) is 11.7. The van der Waals surface area contributed by atoms with Crippen molar-refractivity contribution in [2.45, 2.75) is 107 Å². The van der Waals surface area contributed by atoms with Crippen LogP contribution in [0.25, 0.3) is 0 Å². The summed E-state index contributed by atoms with van der Waals surface area (Å²) in [4.78, 5) is 15.8. The van der Waals surface area contributed by atoms with Crippen LogP contribution in [0.4, 0.5) is 0 Å². The number of terminal acetylenes is 1. The van der Waals surface area contributed by atoms with Crippen molar-refractivity contribution in [3.8, 4) is 95.2 Å². The highest BCUT2D eigenvalue weighted by Gasteiger charge is 2.12. The average molecular weight is 1080 g/mol. The molecular weight excluding hydrogens is 1030 g/mol. The van der Waals surface area contributed by atoms with E-state index in [-0.39, 0.29) is 0 Å². The van der Waals surface area contributed by atoms with Gasteiger partial charge >= 0.3 is 0 Å². The Morgan fingerprint density at radius 3 is 0.694 bits per heavy atom. The summed E-state index contributed by atoms with van der Waals surface area (Å²) < 4.78 is 0. The third kappa shape index (κ3) is 12.8. The molecule has 8 heteroatoms. The van der Waals surface area contributed by atoms with Gasteiger partial charge in [0.05, 0.1) is 73.2 Å². The van der Waals surface area contributed by atoms with Crippen LogP contribution in [0.15, 0.2) is 53.9 Å². The summed E-state index contributed by atoms with van der Waals surface area (Å²) in [5.41, 5.74) is 9.90. The Balaban J connectivity index is 0.957. The van der Waals surface area contributed by atoms with Crippen molar-refractivity contribution in [1.82, 2.24) is 0 Å². The number of hydrogen-bond donors (Lipinski definition) is 0. The SMILES string of the molecule is C#Cc1sc(C#Cc2sc(C#Cc3sc(C#Cc4sc(C#Cc5sc(C#Cc6sc(C#Cc7sc(C#Cc8sccc8CC)cc7CC)cc6CC)cc5CC)cc4CC)cc3CC)cc2CC)cc1CC. The first-order valence-corrected chi connectivity index (χ1v) is 30.8. The van der Waals surface area contributed by atoms with E-state index in [1.165, 1.54) is 44.5 Å². The Bertz CT molecular complexity index is 3800. The average Bonchev–Trinajstić information content (AvgIpc) is 4.28. The third-order valence-corrected chi connectivity index (χ3v) is 19.6. The lowest BCUT2D eigenvalue weighted by molar-refractivity contribution is 1.15. The van der Waals surface area contributed by atoms with Gasteiger partial charge in [0.15, 0.2) is 0 Å². The molecule has 0 aliphatic rings. The molecule has 0 bridgehead atoms. The minimum atomic E-state index is 0.893. The fourth-order valence-corrected chi connectivity index (χ4v) is 15.1. The van der Waals surface area contributed by atoms with Crippen LogP contribution < -0.4 is 0 Å². The minimum Gasteiger partial charge on any atom is -0.135 e. The summed E-state index contributed by atoms with van der Waals surface area (Å²) in [5, 5.41) is 2.13. The zero-order valence-electron chi connectivity index (χ0n) is 41.7. The van der Waals surface area contributed by atoms with Crippen LogP contribution >= 0.6 is 90.7 Å². The van der Waals surface area contributed by atoms with Crippen molar-refractivity contribution in [2.75, 3.05) is 0 Å². The highest BCUT2D eigenvalue weighted by molar-refractivity contribution is 7.16. The molecule has 0 atom stereocenters. The number of thiophene rings is 8. The van der Waals surface area contributed by atoms with Gasteiger partial charge in [-0.05, 0) is 233 Å². The van der Waals surface area contributed by atoms with E-state index in [4.69, 9.17) is 6.42 Å². The summed E-state index contributed by atoms with van der Waals surface area (Å²) in [5.74, 6) is 51.3. The van der Waals surface area contributed by atoms with Crippen molar-refractivity contribution in [1.29, 1.82) is 0 Å². The van der Waals surface area contributed by atoms with Crippen molar-refractivity contribution < 1.29 is 0 Å². The second-order valence-electron chi connectivity index (χ2n) is 16.3. The summed E-state index contributed by atoms with van der Waals surface area (Å²) in [6.45, 7) is 17.4. The molecule has 0 aromatic carbocycles. The minimum absolute atomic E-state index is 0.893. The van der Waals surface area contributed by atoms with E-state index < -0.39 is 0 Å². The predicted octanol–water partition coefficient (Wildman–Crippen LogP) is 16.5. The monoisotopic (exact) mass is 1070 g/mol. The van der Waals surface area contributed by atoms with Crippen molar-refractivity contribution in [3.63, 3.8) is 0 Å². The normalized spacial score (nSPS) is 10.2. The molecule has 0 fully saturated rings. The van der Waals surface area contributed by atoms with Gasteiger partial charge in [0, 0.05) is 0 Å². The van der Waals surface area contributed by atoms with E-state index in [2.05, 4.69) is 198 Å². The molecule has 0 saturated heterocycles. The molecule has 8 aromatic rings. The maximum atomic E-state index is 5.73. The van der Waals surface area contributed by atoms with Crippen molar-refractivity contribution >= 4 is 90.7 Å². The van der Waals surface area contributed by atoms with Gasteiger partial charge in [0.25, 0.3) is 0 Å². The molecule has 8 rings (SSSR count). The van der Waals surface area contributed by atoms with E-state index >= 15 is 0 Å². The zero-order chi connectivity index (χ0) is 50.6. The number of hydrogen-bond acceptors (Lipinski definition) is 8. The van der Waals surface area contributed by atoms with Crippen LogP contribution in [0.5, 0.6) is 0 Å². The topological polar surface area (TPSA) is 0 Å². The van der Waals surface area contributed by atoms with E-state index in [1.807, 2.05) is 0 Å². The molecule has 0 saturated carbocycles. The molecule has 0 unspecified atom stereocenters. The van der Waals surface area contributed by atoms with E-state index in [0.29, 0.717) is 0 Å². The van der Waals surface area contributed by atoms with Crippen LogP contribution in [0.1, 0.15) is 173 Å². The van der Waals surface area contributed by atoms with E-state index in [9.17, 15) is 0 Å². The van der Waals surface area contributed by atoms with Gasteiger partial charge in [-0.3, -0.25) is 0 Å². The Kier molecular flexibility index (Phi) is 18.3. The summed E-state index contributed by atoms with van der Waals surface area (Å²) in [7, 11) is 0. The van der Waals surface area contributed by atoms with E-state index in [0.717, 1.165) is 125 Å². The number of aryl methyl sites for hydroxylation is 8. The Morgan fingerprint density at radius 2 is 0.486 bits per heavy atom. The fraction of sp³-hybridized carbons (Fsp3) is 0.250. The first-order chi connectivity index (χ1) is 35.2. The molecule has 0 N–H and O–H groups in total. The first-order valence-electron chi connectivity index (χ1n) is 24.2. The van der Waals surface area contributed by atoms with Crippen LogP contribution in [0, 0.1) is 95.2 Å². The molecule has 0 radical (unpaired) electrons. The molecule has 0 aliphatic carbocycles. The molecule has 8 heterocycles. The lowest BCUT2D eigenvalue weighted by Crippen LogP contribution is -1.79. The molecule has 354 valence electrons. The second kappa shape index (κ2) is 25.2. The molecule has 0 aliphatic heterocycles. The highest BCUT2D eigenvalue weighted by atomic mass is 32.1. The Hall–Kier alpha value is -5.92. The first kappa shape index (κ1) is 52.4. The lowest BCUT2D eigenvalue weighted by atomic mass is 10.1. The molecule has 0 spiro atoms. The Labute approximate surface area is 460 Å². The molecule has 8 aromatic heterocycles. The van der Waals surface area contributed by atoms with Gasteiger partial charge in [-0.15, -0.1) is 97.1 Å². The van der Waals surface area contributed by atoms with Gasteiger partial charge < -0.3 is 0 Å². The van der Waals surface area contributed by atoms with Crippen molar-refractivity contribution in [2.24, 2.45) is 0 Å². The highest BCUT2D eigenvalue weighted by Crippen LogP contribution is 2.30. The van der Waals surface area contributed by atoms with Gasteiger partial charge in [0.1, 0.15) is 0 Å². The molecule has 0 amide bonds. The standard InChI is InChI=1S/C64H50S8/c1-10-42-33-34-65-58(42)26-19-51-36-44(12-3)60(67-51)28-21-53-38-46(14-5)62(69-53)30-23-55-40-48(16-7)64(71-55)32-25-56-41-49(17-8)63(72-56)31-24-54-39-47(15-6)61(70-54)29-22-52-37-45(13-4)59(68-52)27-20-50-35-43(11-2)57(18-9)66-50/h9,33-41H,10-17H2,1-8H3. The molecule has 72 heavy (non-hydrogen) atoms. The number of rotatable bonds is 8. The smallest absolute Gasteiger partial charge is 0.0817 e. The van der Waals surface area contributed by atoms with Gasteiger partial charge in [-0.2, -0.15) is 0 Å². The quantitative estimate of drug-likeness (QED) is 0.133. The summed E-state index contributed by atoms with van der Waals surface area (Å²) in [6, 6.07) is 17.5. The second-order valence-corrected chi connectivity index (χ2v) is 24.5. The molecular formula is C64H50S8. The summed E-state index contributed by atoms with van der Waals surface area (Å²) in [6.07, 6.45) is 13.1. The van der Waals surface area contributed by atoms with Crippen molar-refractivity contribution in [3.05, 3.63) is 172 Å². The maximum absolute atomic E-state index is 5.73.